The van der Waals surface area contributed by atoms with Gasteiger partial charge in [-0.2, -0.15) is 0 Å². The maximum absolute atomic E-state index is 10.2. The summed E-state index contributed by atoms with van der Waals surface area (Å²) in [6.07, 6.45) is 12.2. The van der Waals surface area contributed by atoms with Gasteiger partial charge in [0.1, 0.15) is 0 Å². The van der Waals surface area contributed by atoms with Crippen LogP contribution in [0, 0.1) is 34.5 Å². The van der Waals surface area contributed by atoms with Gasteiger partial charge in [0.25, 0.3) is 0 Å². The number of aliphatic hydroxyl groups is 1. The second-order valence-electron chi connectivity index (χ2n) is 10.0. The second kappa shape index (κ2) is 5.58. The van der Waals surface area contributed by atoms with Gasteiger partial charge in [0.2, 0.25) is 0 Å². The first-order valence-electron chi connectivity index (χ1n) is 10.4. The Kier molecular flexibility index (Phi) is 3.91. The van der Waals surface area contributed by atoms with Gasteiger partial charge in [0, 0.05) is 11.5 Å². The molecular formula is C21H34OS2. The Morgan fingerprint density at radius 1 is 0.833 bits per heavy atom. The molecule has 24 heavy (non-hydrogen) atoms. The van der Waals surface area contributed by atoms with Gasteiger partial charge in [0.05, 0.1) is 10.2 Å². The van der Waals surface area contributed by atoms with E-state index in [1.807, 2.05) is 0 Å². The highest BCUT2D eigenvalue weighted by molar-refractivity contribution is 8.21. The van der Waals surface area contributed by atoms with Gasteiger partial charge in [-0.05, 0) is 92.3 Å². The molecule has 0 aromatic rings. The molecule has 1 heterocycles. The Bertz CT molecular complexity index is 516. The molecule has 1 saturated heterocycles. The van der Waals surface area contributed by atoms with Gasteiger partial charge in [-0.3, -0.25) is 0 Å². The zero-order chi connectivity index (χ0) is 16.6. The highest BCUT2D eigenvalue weighted by Gasteiger charge is 2.65. The first-order valence-corrected chi connectivity index (χ1v) is 12.4. The van der Waals surface area contributed by atoms with Crippen LogP contribution in [0.15, 0.2) is 0 Å². The van der Waals surface area contributed by atoms with Crippen molar-refractivity contribution in [3.05, 3.63) is 0 Å². The minimum absolute atomic E-state index is 0.00507. The van der Waals surface area contributed by atoms with Crippen molar-refractivity contribution in [3.63, 3.8) is 0 Å². The van der Waals surface area contributed by atoms with Crippen molar-refractivity contribution in [2.75, 3.05) is 11.5 Å². The standard InChI is InChI=1S/C21H34OS2/c1-19-8-5-15(22)13-14(19)3-4-16-17(19)6-9-20(2)18(16)7-10-21(20)23-11-12-24-21/h14-18,22H,3-13H2,1-2H3. The predicted octanol–water partition coefficient (Wildman–Crippen LogP) is 5.57. The summed E-state index contributed by atoms with van der Waals surface area (Å²) in [4.78, 5) is 0. The van der Waals surface area contributed by atoms with E-state index in [1.54, 1.807) is 0 Å². The molecule has 1 N–H and O–H groups in total. The van der Waals surface area contributed by atoms with Crippen LogP contribution in [0.4, 0.5) is 0 Å². The van der Waals surface area contributed by atoms with Crippen LogP contribution in [-0.4, -0.2) is 26.8 Å². The number of thioether (sulfide) groups is 2. The average Bonchev–Trinajstić information content (AvgIpc) is 3.15. The zero-order valence-electron chi connectivity index (χ0n) is 15.4. The Hall–Kier alpha value is 0.660. The summed E-state index contributed by atoms with van der Waals surface area (Å²) in [5.74, 6) is 6.50. The third kappa shape index (κ3) is 2.07. The van der Waals surface area contributed by atoms with Crippen LogP contribution >= 0.6 is 23.5 Å². The molecule has 1 aliphatic heterocycles. The minimum atomic E-state index is -0.00507. The maximum Gasteiger partial charge on any atom is 0.0667 e. The van der Waals surface area contributed by atoms with Gasteiger partial charge in [-0.1, -0.05) is 13.8 Å². The molecule has 0 aromatic heterocycles. The van der Waals surface area contributed by atoms with Crippen molar-refractivity contribution in [2.45, 2.75) is 81.8 Å². The molecule has 5 aliphatic rings. The monoisotopic (exact) mass is 366 g/mol. The Morgan fingerprint density at radius 3 is 2.38 bits per heavy atom. The van der Waals surface area contributed by atoms with Crippen LogP contribution < -0.4 is 0 Å². The lowest BCUT2D eigenvalue weighted by Crippen LogP contribution is -2.55. The van der Waals surface area contributed by atoms with E-state index in [0.717, 1.165) is 36.5 Å². The molecule has 3 heteroatoms. The summed E-state index contributed by atoms with van der Waals surface area (Å²) in [6, 6.07) is 0. The maximum atomic E-state index is 10.2. The van der Waals surface area contributed by atoms with Crippen LogP contribution in [0.25, 0.3) is 0 Å². The SMILES string of the molecule is CC12CCC(O)CC1CCC1C2CCC2(C)C1CCC21SCCS1. The molecule has 0 amide bonds. The Labute approximate surface area is 156 Å². The first kappa shape index (κ1) is 16.8. The summed E-state index contributed by atoms with van der Waals surface area (Å²) in [7, 11) is 0. The van der Waals surface area contributed by atoms with Crippen molar-refractivity contribution < 1.29 is 5.11 Å². The second-order valence-corrected chi connectivity index (χ2v) is 13.1. The molecule has 1 spiro atoms. The summed E-state index contributed by atoms with van der Waals surface area (Å²) >= 11 is 4.66. The predicted molar refractivity (Wildman–Crippen MR) is 105 cm³/mol. The molecule has 0 aromatic carbocycles. The molecule has 4 saturated carbocycles. The van der Waals surface area contributed by atoms with Crippen molar-refractivity contribution in [3.8, 4) is 0 Å². The van der Waals surface area contributed by atoms with Gasteiger partial charge < -0.3 is 5.11 Å². The molecule has 7 unspecified atom stereocenters. The quantitative estimate of drug-likeness (QED) is 0.605. The van der Waals surface area contributed by atoms with Gasteiger partial charge in [-0.15, -0.1) is 23.5 Å². The number of rotatable bonds is 0. The Morgan fingerprint density at radius 2 is 1.58 bits per heavy atom. The summed E-state index contributed by atoms with van der Waals surface area (Å²) in [6.45, 7) is 5.30. The third-order valence-corrected chi connectivity index (χ3v) is 13.5. The molecule has 0 bridgehead atoms. The number of aliphatic hydroxyl groups excluding tert-OH is 1. The molecule has 1 nitrogen and oxygen atoms in total. The fourth-order valence-electron chi connectivity index (χ4n) is 8.12. The number of fused-ring (bicyclic) bond motifs is 6. The number of hydrogen-bond donors (Lipinski definition) is 1. The van der Waals surface area contributed by atoms with Crippen LogP contribution in [0.5, 0.6) is 0 Å². The van der Waals surface area contributed by atoms with E-state index >= 15 is 0 Å². The van der Waals surface area contributed by atoms with E-state index in [2.05, 4.69) is 37.4 Å². The van der Waals surface area contributed by atoms with Crippen LogP contribution in [-0.2, 0) is 0 Å². The van der Waals surface area contributed by atoms with E-state index in [-0.39, 0.29) is 6.10 Å². The molecule has 7 atom stereocenters. The average molecular weight is 367 g/mol. The molecular weight excluding hydrogens is 332 g/mol. The molecule has 4 aliphatic carbocycles. The summed E-state index contributed by atoms with van der Waals surface area (Å²) in [5, 5.41) is 10.2. The highest BCUT2D eigenvalue weighted by Crippen LogP contribution is 2.74. The molecule has 0 radical (unpaired) electrons. The molecule has 5 fully saturated rings. The fourth-order valence-corrected chi connectivity index (χ4v) is 12.0. The summed E-state index contributed by atoms with van der Waals surface area (Å²) in [5.41, 5.74) is 1.13. The van der Waals surface area contributed by atoms with Crippen LogP contribution in [0.1, 0.15) is 71.6 Å². The van der Waals surface area contributed by atoms with Crippen molar-refractivity contribution >= 4 is 23.5 Å². The highest BCUT2D eigenvalue weighted by atomic mass is 32.2. The molecule has 5 rings (SSSR count). The Balaban J connectivity index is 1.45. The van der Waals surface area contributed by atoms with Crippen molar-refractivity contribution in [2.24, 2.45) is 34.5 Å². The van der Waals surface area contributed by atoms with E-state index in [1.165, 1.54) is 56.5 Å². The smallest absolute Gasteiger partial charge is 0.0667 e. The van der Waals surface area contributed by atoms with E-state index in [9.17, 15) is 5.11 Å². The van der Waals surface area contributed by atoms with E-state index in [0.29, 0.717) is 14.9 Å². The molecule has 136 valence electrons. The fraction of sp³-hybridized carbons (Fsp3) is 1.00. The van der Waals surface area contributed by atoms with Crippen molar-refractivity contribution in [1.82, 2.24) is 0 Å². The van der Waals surface area contributed by atoms with E-state index in [4.69, 9.17) is 0 Å². The zero-order valence-corrected chi connectivity index (χ0v) is 17.1. The minimum Gasteiger partial charge on any atom is -0.393 e. The van der Waals surface area contributed by atoms with Crippen LogP contribution in [0.3, 0.4) is 0 Å². The number of hydrogen-bond acceptors (Lipinski definition) is 3. The lowest BCUT2D eigenvalue weighted by molar-refractivity contribution is -0.121. The van der Waals surface area contributed by atoms with E-state index < -0.39 is 0 Å². The van der Waals surface area contributed by atoms with Crippen LogP contribution in [0.2, 0.25) is 0 Å². The largest absolute Gasteiger partial charge is 0.393 e. The normalized spacial score (nSPS) is 55.9. The third-order valence-electron chi connectivity index (χ3n) is 9.44. The van der Waals surface area contributed by atoms with Gasteiger partial charge in [0.15, 0.2) is 0 Å². The summed E-state index contributed by atoms with van der Waals surface area (Å²) < 4.78 is 0.573. The van der Waals surface area contributed by atoms with Crippen molar-refractivity contribution in [1.29, 1.82) is 0 Å². The lowest BCUT2D eigenvalue weighted by atomic mass is 9.45. The van der Waals surface area contributed by atoms with Gasteiger partial charge in [-0.25, -0.2) is 0 Å². The van der Waals surface area contributed by atoms with Gasteiger partial charge >= 0.3 is 0 Å². The lowest BCUT2D eigenvalue weighted by Gasteiger charge is -2.61. The first-order chi connectivity index (χ1) is 11.5. The topological polar surface area (TPSA) is 20.2 Å².